The molecule has 3 N–H and O–H groups in total. The van der Waals surface area contributed by atoms with Crippen molar-refractivity contribution in [3.05, 3.63) is 42.1 Å². The van der Waals surface area contributed by atoms with Crippen molar-refractivity contribution >= 4 is 11.6 Å². The van der Waals surface area contributed by atoms with Crippen LogP contribution in [0, 0.1) is 0 Å². The van der Waals surface area contributed by atoms with Gasteiger partial charge in [-0.05, 0) is 31.5 Å². The molecule has 5 heteroatoms. The minimum absolute atomic E-state index is 0.0949. The molecule has 5 nitrogen and oxygen atoms in total. The lowest BCUT2D eigenvalue weighted by Gasteiger charge is -2.14. The number of rotatable bonds is 5. The van der Waals surface area contributed by atoms with E-state index in [1.807, 2.05) is 38.1 Å². The number of nitrogen functional groups attached to an aromatic ring is 1. The van der Waals surface area contributed by atoms with Crippen LogP contribution >= 0.6 is 0 Å². The summed E-state index contributed by atoms with van der Waals surface area (Å²) in [7, 11) is 0. The van der Waals surface area contributed by atoms with E-state index in [4.69, 9.17) is 10.5 Å². The quantitative estimate of drug-likeness (QED) is 0.806. The van der Waals surface area contributed by atoms with Gasteiger partial charge in [0.25, 0.3) is 0 Å². The summed E-state index contributed by atoms with van der Waals surface area (Å²) in [5, 5.41) is 3.23. The van der Waals surface area contributed by atoms with Crippen LogP contribution in [-0.4, -0.2) is 16.6 Å². The number of nitrogens with one attached hydrogen (secondary N) is 1. The molecule has 1 aromatic carbocycles. The Kier molecular flexibility index (Phi) is 4.18. The second kappa shape index (κ2) is 6.04. The normalized spacial score (nSPS) is 11.9. The maximum atomic E-state index is 5.67. The first-order chi connectivity index (χ1) is 9.19. The number of nitrogens with zero attached hydrogens (tertiary/aromatic N) is 2. The highest BCUT2D eigenvalue weighted by Crippen LogP contribution is 2.19. The van der Waals surface area contributed by atoms with Crippen LogP contribution in [0.5, 0.6) is 5.88 Å². The molecule has 19 heavy (non-hydrogen) atoms. The summed E-state index contributed by atoms with van der Waals surface area (Å²) >= 11 is 0. The number of nitrogens with two attached hydrogens (primary N) is 1. The van der Waals surface area contributed by atoms with Gasteiger partial charge in [-0.25, -0.2) is 4.98 Å². The van der Waals surface area contributed by atoms with Crippen molar-refractivity contribution in [3.8, 4) is 5.88 Å². The van der Waals surface area contributed by atoms with Gasteiger partial charge in [-0.2, -0.15) is 4.98 Å². The topological polar surface area (TPSA) is 73.1 Å². The van der Waals surface area contributed by atoms with Crippen molar-refractivity contribution in [3.63, 3.8) is 0 Å². The molecule has 0 aliphatic rings. The van der Waals surface area contributed by atoms with Gasteiger partial charge in [-0.1, -0.05) is 12.1 Å². The van der Waals surface area contributed by atoms with Crippen molar-refractivity contribution in [1.82, 2.24) is 9.97 Å². The molecule has 1 heterocycles. The molecule has 0 aliphatic heterocycles. The van der Waals surface area contributed by atoms with Crippen LogP contribution in [0.3, 0.4) is 0 Å². The first-order valence-corrected chi connectivity index (χ1v) is 6.27. The molecule has 0 spiro atoms. The van der Waals surface area contributed by atoms with Crippen LogP contribution in [0.15, 0.2) is 36.5 Å². The molecule has 0 radical (unpaired) electrons. The molecule has 1 atom stereocenters. The maximum Gasteiger partial charge on any atom is 0.226 e. The van der Waals surface area contributed by atoms with Crippen LogP contribution in [-0.2, 0) is 0 Å². The van der Waals surface area contributed by atoms with Gasteiger partial charge < -0.3 is 15.8 Å². The van der Waals surface area contributed by atoms with E-state index in [0.29, 0.717) is 18.4 Å². The minimum Gasteiger partial charge on any atom is -0.478 e. The highest BCUT2D eigenvalue weighted by Gasteiger charge is 2.07. The molecule has 0 saturated carbocycles. The molecule has 100 valence electrons. The second-order valence-corrected chi connectivity index (χ2v) is 4.18. The summed E-state index contributed by atoms with van der Waals surface area (Å²) in [4.78, 5) is 8.45. The highest BCUT2D eigenvalue weighted by molar-refractivity contribution is 5.42. The summed E-state index contributed by atoms with van der Waals surface area (Å²) < 4.78 is 5.34. The smallest absolute Gasteiger partial charge is 0.226 e. The molecule has 0 bridgehead atoms. The average Bonchev–Trinajstić information content (AvgIpc) is 2.40. The Morgan fingerprint density at radius 3 is 2.68 bits per heavy atom. The van der Waals surface area contributed by atoms with Crippen molar-refractivity contribution in [2.45, 2.75) is 19.9 Å². The molecule has 0 fully saturated rings. The predicted octanol–water partition coefficient (Wildman–Crippen LogP) is 2.63. The lowest BCUT2D eigenvalue weighted by Crippen LogP contribution is -2.10. The molecule has 0 aliphatic carbocycles. The Labute approximate surface area is 112 Å². The average molecular weight is 258 g/mol. The number of hydrogen-bond acceptors (Lipinski definition) is 5. The van der Waals surface area contributed by atoms with E-state index < -0.39 is 0 Å². The molecule has 0 saturated heterocycles. The van der Waals surface area contributed by atoms with Crippen molar-refractivity contribution in [2.24, 2.45) is 0 Å². The van der Waals surface area contributed by atoms with E-state index in [1.165, 1.54) is 0 Å². The lowest BCUT2D eigenvalue weighted by atomic mass is 10.1. The zero-order valence-corrected chi connectivity index (χ0v) is 11.1. The first-order valence-electron chi connectivity index (χ1n) is 6.27. The van der Waals surface area contributed by atoms with Crippen LogP contribution in [0.25, 0.3) is 0 Å². The van der Waals surface area contributed by atoms with Gasteiger partial charge in [0.15, 0.2) is 0 Å². The highest BCUT2D eigenvalue weighted by atomic mass is 16.5. The summed E-state index contributed by atoms with van der Waals surface area (Å²) in [6.07, 6.45) is 1.68. The van der Waals surface area contributed by atoms with E-state index in [1.54, 1.807) is 12.3 Å². The van der Waals surface area contributed by atoms with E-state index >= 15 is 0 Å². The largest absolute Gasteiger partial charge is 0.478 e. The SMILES string of the molecule is CCOc1ccnc(NC(C)c2ccc(N)cc2)n1. The zero-order chi connectivity index (χ0) is 13.7. The number of anilines is 2. The third-order valence-corrected chi connectivity index (χ3v) is 2.70. The predicted molar refractivity (Wildman–Crippen MR) is 76.1 cm³/mol. The van der Waals surface area contributed by atoms with Crippen LogP contribution in [0.4, 0.5) is 11.6 Å². The molecular weight excluding hydrogens is 240 g/mol. The summed E-state index contributed by atoms with van der Waals surface area (Å²) in [6, 6.07) is 9.56. The van der Waals surface area contributed by atoms with Gasteiger partial charge in [0, 0.05) is 18.0 Å². The lowest BCUT2D eigenvalue weighted by molar-refractivity contribution is 0.326. The minimum atomic E-state index is 0.0949. The van der Waals surface area contributed by atoms with Crippen molar-refractivity contribution in [1.29, 1.82) is 0 Å². The maximum absolute atomic E-state index is 5.67. The fraction of sp³-hybridized carbons (Fsp3) is 0.286. The van der Waals surface area contributed by atoms with E-state index in [2.05, 4.69) is 15.3 Å². The molecule has 1 unspecified atom stereocenters. The van der Waals surface area contributed by atoms with Gasteiger partial charge in [0.05, 0.1) is 12.6 Å². The Hall–Kier alpha value is -2.30. The van der Waals surface area contributed by atoms with Crippen molar-refractivity contribution in [2.75, 3.05) is 17.7 Å². The Morgan fingerprint density at radius 1 is 1.26 bits per heavy atom. The third-order valence-electron chi connectivity index (χ3n) is 2.70. The Balaban J connectivity index is 2.07. The van der Waals surface area contributed by atoms with Crippen molar-refractivity contribution < 1.29 is 4.74 Å². The standard InChI is InChI=1S/C14H18N4O/c1-3-19-13-8-9-16-14(18-13)17-10(2)11-4-6-12(15)7-5-11/h4-10H,3,15H2,1-2H3,(H,16,17,18). The second-order valence-electron chi connectivity index (χ2n) is 4.18. The van der Waals surface area contributed by atoms with Gasteiger partial charge >= 0.3 is 0 Å². The Morgan fingerprint density at radius 2 is 2.00 bits per heavy atom. The zero-order valence-electron chi connectivity index (χ0n) is 11.1. The van der Waals surface area contributed by atoms with E-state index in [9.17, 15) is 0 Å². The van der Waals surface area contributed by atoms with Crippen LogP contribution in [0.1, 0.15) is 25.5 Å². The number of benzene rings is 1. The molecule has 1 aromatic heterocycles. The number of aromatic nitrogens is 2. The van der Waals surface area contributed by atoms with Crippen LogP contribution < -0.4 is 15.8 Å². The summed E-state index contributed by atoms with van der Waals surface area (Å²) in [5.41, 5.74) is 7.55. The van der Waals surface area contributed by atoms with Gasteiger partial charge in [-0.15, -0.1) is 0 Å². The van der Waals surface area contributed by atoms with Gasteiger partial charge in [-0.3, -0.25) is 0 Å². The summed E-state index contributed by atoms with van der Waals surface area (Å²) in [5.74, 6) is 1.12. The molecule has 2 rings (SSSR count). The summed E-state index contributed by atoms with van der Waals surface area (Å²) in [6.45, 7) is 4.55. The van der Waals surface area contributed by atoms with E-state index in [-0.39, 0.29) is 6.04 Å². The van der Waals surface area contributed by atoms with E-state index in [0.717, 1.165) is 11.3 Å². The molecular formula is C14H18N4O. The number of hydrogen-bond donors (Lipinski definition) is 2. The van der Waals surface area contributed by atoms with Crippen LogP contribution in [0.2, 0.25) is 0 Å². The fourth-order valence-electron chi connectivity index (χ4n) is 1.70. The number of ether oxygens (including phenoxy) is 1. The molecule has 0 amide bonds. The van der Waals surface area contributed by atoms with Gasteiger partial charge in [0.1, 0.15) is 0 Å². The first kappa shape index (κ1) is 13.1. The Bertz CT molecular complexity index is 527. The third kappa shape index (κ3) is 3.58. The van der Waals surface area contributed by atoms with Gasteiger partial charge in [0.2, 0.25) is 11.8 Å². The molecule has 2 aromatic rings. The fourth-order valence-corrected chi connectivity index (χ4v) is 1.70. The monoisotopic (exact) mass is 258 g/mol.